The summed E-state index contributed by atoms with van der Waals surface area (Å²) >= 11 is 0. The molecule has 2 aromatic heterocycles. The van der Waals surface area contributed by atoms with Crippen molar-refractivity contribution in [2.45, 2.75) is 6.92 Å². The molecule has 0 atom stereocenters. The Kier molecular flexibility index (Phi) is 1.43. The molecule has 2 rings (SSSR count). The fourth-order valence-electron chi connectivity index (χ4n) is 1.15. The highest BCUT2D eigenvalue weighted by Gasteiger charge is 2.06. The Balaban J connectivity index is 2.87. The summed E-state index contributed by atoms with van der Waals surface area (Å²) in [5.74, 6) is 0.334. The summed E-state index contributed by atoms with van der Waals surface area (Å²) in [6.45, 7) is 1.85. The zero-order valence-corrected chi connectivity index (χ0v) is 7.02. The Bertz CT molecular complexity index is 505. The lowest BCUT2D eigenvalue weighted by Crippen LogP contribution is -2.02. The van der Waals surface area contributed by atoms with Gasteiger partial charge in [0.25, 0.3) is 0 Å². The van der Waals surface area contributed by atoms with Crippen molar-refractivity contribution in [3.8, 4) is 6.07 Å². The standard InChI is InChI=1S/C8H7N5/c1-5-2-7-11-4-6(3-9)8(10)13(7)12-5/h2,4H,10H2,1H3. The lowest BCUT2D eigenvalue weighted by molar-refractivity contribution is 0.925. The van der Waals surface area contributed by atoms with Gasteiger partial charge in [-0.1, -0.05) is 0 Å². The Morgan fingerprint density at radius 2 is 2.38 bits per heavy atom. The van der Waals surface area contributed by atoms with Gasteiger partial charge in [-0.3, -0.25) is 0 Å². The lowest BCUT2D eigenvalue weighted by atomic mass is 10.3. The van der Waals surface area contributed by atoms with E-state index in [0.717, 1.165) is 5.69 Å². The highest BCUT2D eigenvalue weighted by molar-refractivity contribution is 5.54. The summed E-state index contributed by atoms with van der Waals surface area (Å²) in [6, 6.07) is 3.75. The van der Waals surface area contributed by atoms with Crippen LogP contribution in [0, 0.1) is 18.3 Å². The van der Waals surface area contributed by atoms with Crippen molar-refractivity contribution in [2.24, 2.45) is 0 Å². The van der Waals surface area contributed by atoms with Crippen LogP contribution in [0.1, 0.15) is 11.3 Å². The van der Waals surface area contributed by atoms with Crippen molar-refractivity contribution >= 4 is 11.5 Å². The third kappa shape index (κ3) is 0.999. The van der Waals surface area contributed by atoms with Gasteiger partial charge in [0.05, 0.1) is 11.9 Å². The van der Waals surface area contributed by atoms with Crippen LogP contribution in [0.2, 0.25) is 0 Å². The molecule has 2 N–H and O–H groups in total. The molecule has 0 unspecified atom stereocenters. The van der Waals surface area contributed by atoms with Crippen LogP contribution in [0.5, 0.6) is 0 Å². The Morgan fingerprint density at radius 1 is 1.62 bits per heavy atom. The van der Waals surface area contributed by atoms with E-state index in [4.69, 9.17) is 11.0 Å². The van der Waals surface area contributed by atoms with Crippen molar-refractivity contribution < 1.29 is 0 Å². The molecule has 0 aliphatic carbocycles. The number of rotatable bonds is 0. The molecule has 0 aromatic carbocycles. The molecule has 5 nitrogen and oxygen atoms in total. The van der Waals surface area contributed by atoms with Crippen LogP contribution in [0.25, 0.3) is 5.65 Å². The summed E-state index contributed by atoms with van der Waals surface area (Å²) in [5.41, 5.74) is 7.51. The second kappa shape index (κ2) is 2.45. The van der Waals surface area contributed by atoms with Crippen LogP contribution in [-0.2, 0) is 0 Å². The van der Waals surface area contributed by atoms with Crippen molar-refractivity contribution in [3.63, 3.8) is 0 Å². The van der Waals surface area contributed by atoms with Gasteiger partial charge in [0.2, 0.25) is 0 Å². The SMILES string of the molecule is Cc1cc2ncc(C#N)c(N)n2n1. The third-order valence-electron chi connectivity index (χ3n) is 1.76. The average molecular weight is 173 g/mol. The Morgan fingerprint density at radius 3 is 3.08 bits per heavy atom. The molecule has 2 aromatic rings. The fraction of sp³-hybridized carbons (Fsp3) is 0.125. The largest absolute Gasteiger partial charge is 0.382 e. The van der Waals surface area contributed by atoms with Gasteiger partial charge >= 0.3 is 0 Å². The number of aromatic nitrogens is 3. The molecule has 0 bridgehead atoms. The summed E-state index contributed by atoms with van der Waals surface area (Å²) in [5, 5.41) is 12.8. The number of nitrogen functional groups attached to an aromatic ring is 1. The number of nitriles is 1. The second-order valence-corrected chi connectivity index (χ2v) is 2.72. The number of nitrogens with zero attached hydrogens (tertiary/aromatic N) is 4. The van der Waals surface area contributed by atoms with E-state index in [0.29, 0.717) is 17.0 Å². The normalized spacial score (nSPS) is 10.2. The van der Waals surface area contributed by atoms with Gasteiger partial charge in [-0.15, -0.1) is 0 Å². The number of hydrogen-bond donors (Lipinski definition) is 1. The molecule has 2 heterocycles. The predicted molar refractivity (Wildman–Crippen MR) is 46.9 cm³/mol. The van der Waals surface area contributed by atoms with E-state index in [1.54, 1.807) is 6.07 Å². The van der Waals surface area contributed by atoms with E-state index < -0.39 is 0 Å². The number of hydrogen-bond acceptors (Lipinski definition) is 4. The molecule has 0 saturated carbocycles. The van der Waals surface area contributed by atoms with E-state index in [1.807, 2.05) is 13.0 Å². The molecule has 0 fully saturated rings. The lowest BCUT2D eigenvalue weighted by Gasteiger charge is -1.98. The molecule has 0 amide bonds. The molecule has 0 radical (unpaired) electrons. The first-order valence-electron chi connectivity index (χ1n) is 3.73. The van der Waals surface area contributed by atoms with Gasteiger partial charge in [-0.25, -0.2) is 4.98 Å². The third-order valence-corrected chi connectivity index (χ3v) is 1.76. The topological polar surface area (TPSA) is 80.0 Å². The number of anilines is 1. The van der Waals surface area contributed by atoms with Crippen LogP contribution in [0.4, 0.5) is 5.82 Å². The van der Waals surface area contributed by atoms with Crippen LogP contribution in [0.15, 0.2) is 12.3 Å². The zero-order valence-electron chi connectivity index (χ0n) is 7.02. The minimum Gasteiger partial charge on any atom is -0.382 e. The quantitative estimate of drug-likeness (QED) is 0.628. The molecule has 0 aliphatic heterocycles. The van der Waals surface area contributed by atoms with Crippen LogP contribution >= 0.6 is 0 Å². The minimum atomic E-state index is 0.334. The van der Waals surface area contributed by atoms with E-state index >= 15 is 0 Å². The zero-order chi connectivity index (χ0) is 9.42. The molecular formula is C8H7N5. The molecule has 13 heavy (non-hydrogen) atoms. The molecule has 0 spiro atoms. The van der Waals surface area contributed by atoms with Gasteiger partial charge in [-0.05, 0) is 6.92 Å². The molecule has 64 valence electrons. The summed E-state index contributed by atoms with van der Waals surface area (Å²) in [7, 11) is 0. The summed E-state index contributed by atoms with van der Waals surface area (Å²) in [4.78, 5) is 4.03. The highest BCUT2D eigenvalue weighted by Crippen LogP contribution is 2.11. The van der Waals surface area contributed by atoms with Gasteiger partial charge < -0.3 is 5.73 Å². The van der Waals surface area contributed by atoms with Gasteiger partial charge in [-0.2, -0.15) is 14.9 Å². The second-order valence-electron chi connectivity index (χ2n) is 2.72. The number of fused-ring (bicyclic) bond motifs is 1. The highest BCUT2D eigenvalue weighted by atomic mass is 15.3. The number of aryl methyl sites for hydroxylation is 1. The molecule has 0 aliphatic rings. The molecular weight excluding hydrogens is 166 g/mol. The first kappa shape index (κ1) is 7.55. The van der Waals surface area contributed by atoms with E-state index in [9.17, 15) is 0 Å². The summed E-state index contributed by atoms with van der Waals surface area (Å²) < 4.78 is 1.47. The smallest absolute Gasteiger partial charge is 0.157 e. The van der Waals surface area contributed by atoms with Gasteiger partial charge in [0, 0.05) is 6.07 Å². The van der Waals surface area contributed by atoms with E-state index in [1.165, 1.54) is 10.7 Å². The fourth-order valence-corrected chi connectivity index (χ4v) is 1.15. The monoisotopic (exact) mass is 173 g/mol. The first-order valence-corrected chi connectivity index (χ1v) is 3.73. The Labute approximate surface area is 74.4 Å². The average Bonchev–Trinajstić information content (AvgIpc) is 2.47. The van der Waals surface area contributed by atoms with E-state index in [2.05, 4.69) is 10.1 Å². The maximum Gasteiger partial charge on any atom is 0.157 e. The van der Waals surface area contributed by atoms with Crippen molar-refractivity contribution in [1.29, 1.82) is 5.26 Å². The predicted octanol–water partition coefficient (Wildman–Crippen LogP) is 0.492. The minimum absolute atomic E-state index is 0.334. The number of nitrogens with two attached hydrogens (primary N) is 1. The van der Waals surface area contributed by atoms with Crippen LogP contribution in [0.3, 0.4) is 0 Å². The van der Waals surface area contributed by atoms with Crippen LogP contribution in [-0.4, -0.2) is 14.6 Å². The van der Waals surface area contributed by atoms with Crippen molar-refractivity contribution in [3.05, 3.63) is 23.5 Å². The van der Waals surface area contributed by atoms with Crippen molar-refractivity contribution in [1.82, 2.24) is 14.6 Å². The maximum atomic E-state index is 8.67. The Hall–Kier alpha value is -2.09. The van der Waals surface area contributed by atoms with E-state index in [-0.39, 0.29) is 0 Å². The molecule has 5 heteroatoms. The molecule has 0 saturated heterocycles. The van der Waals surface area contributed by atoms with Gasteiger partial charge in [0.1, 0.15) is 17.5 Å². The van der Waals surface area contributed by atoms with Crippen molar-refractivity contribution in [2.75, 3.05) is 5.73 Å². The van der Waals surface area contributed by atoms with Crippen LogP contribution < -0.4 is 5.73 Å². The maximum absolute atomic E-state index is 8.67. The summed E-state index contributed by atoms with van der Waals surface area (Å²) in [6.07, 6.45) is 1.45. The first-order chi connectivity index (χ1) is 6.22. The van der Waals surface area contributed by atoms with Gasteiger partial charge in [0.15, 0.2) is 5.65 Å².